The van der Waals surface area contributed by atoms with Gasteiger partial charge in [-0.3, -0.25) is 0 Å². The van der Waals surface area contributed by atoms with Crippen molar-refractivity contribution < 1.29 is 4.74 Å². The van der Waals surface area contributed by atoms with E-state index in [1.165, 1.54) is 5.39 Å². The van der Waals surface area contributed by atoms with Gasteiger partial charge in [0.2, 0.25) is 11.8 Å². The van der Waals surface area contributed by atoms with Gasteiger partial charge in [-0.2, -0.15) is 4.98 Å². The fraction of sp³-hybridized carbons (Fsp3) is 0.0667. The van der Waals surface area contributed by atoms with Gasteiger partial charge in [0.1, 0.15) is 5.75 Å². The van der Waals surface area contributed by atoms with Crippen LogP contribution in [0.15, 0.2) is 54.7 Å². The highest BCUT2D eigenvalue weighted by atomic mass is 16.5. The van der Waals surface area contributed by atoms with Gasteiger partial charge in [0.15, 0.2) is 0 Å². The van der Waals surface area contributed by atoms with Crippen molar-refractivity contribution in [2.24, 2.45) is 0 Å². The molecule has 0 aliphatic heterocycles. The first-order chi connectivity index (χ1) is 9.35. The number of nitrogens with one attached hydrogen (secondary N) is 1. The van der Waals surface area contributed by atoms with Crippen LogP contribution >= 0.6 is 0 Å². The van der Waals surface area contributed by atoms with Gasteiger partial charge in [-0.15, -0.1) is 0 Å². The predicted molar refractivity (Wildman–Crippen MR) is 75.6 cm³/mol. The molecule has 3 rings (SSSR count). The molecule has 2 aromatic carbocycles. The molecule has 1 heterocycles. The first-order valence-electron chi connectivity index (χ1n) is 6.02. The lowest BCUT2D eigenvalue weighted by molar-refractivity contribution is 0.463. The first-order valence-corrected chi connectivity index (χ1v) is 6.02. The van der Waals surface area contributed by atoms with E-state index in [2.05, 4.69) is 27.4 Å². The Morgan fingerprint density at radius 3 is 2.68 bits per heavy atom. The lowest BCUT2D eigenvalue weighted by Crippen LogP contribution is -1.97. The van der Waals surface area contributed by atoms with Crippen LogP contribution in [0.4, 0.5) is 5.95 Å². The van der Waals surface area contributed by atoms with E-state index in [4.69, 9.17) is 4.74 Å². The van der Waals surface area contributed by atoms with Crippen LogP contribution in [0.25, 0.3) is 10.8 Å². The number of aromatic nitrogens is 2. The van der Waals surface area contributed by atoms with Crippen molar-refractivity contribution in [2.45, 2.75) is 0 Å². The van der Waals surface area contributed by atoms with Crippen molar-refractivity contribution in [3.05, 3.63) is 54.7 Å². The van der Waals surface area contributed by atoms with Crippen molar-refractivity contribution >= 4 is 16.7 Å². The number of hydrogen-bond donors (Lipinski definition) is 1. The molecule has 3 aromatic rings. The van der Waals surface area contributed by atoms with Gasteiger partial charge < -0.3 is 10.1 Å². The predicted octanol–water partition coefficient (Wildman–Crippen LogP) is 3.46. The van der Waals surface area contributed by atoms with Crippen molar-refractivity contribution in [3.63, 3.8) is 0 Å². The third-order valence-corrected chi connectivity index (χ3v) is 2.80. The molecule has 0 atom stereocenters. The van der Waals surface area contributed by atoms with Crippen LogP contribution < -0.4 is 10.1 Å². The molecule has 0 aliphatic rings. The zero-order valence-electron chi connectivity index (χ0n) is 10.5. The number of fused-ring (bicyclic) bond motifs is 1. The Hall–Kier alpha value is -2.62. The molecule has 0 aliphatic carbocycles. The summed E-state index contributed by atoms with van der Waals surface area (Å²) in [5.41, 5.74) is 0. The fourth-order valence-corrected chi connectivity index (χ4v) is 1.87. The van der Waals surface area contributed by atoms with Crippen LogP contribution in [-0.2, 0) is 0 Å². The number of anilines is 1. The van der Waals surface area contributed by atoms with E-state index in [9.17, 15) is 0 Å². The number of nitrogens with zero attached hydrogens (tertiary/aromatic N) is 2. The molecule has 0 radical (unpaired) electrons. The van der Waals surface area contributed by atoms with Gasteiger partial charge in [0.25, 0.3) is 0 Å². The Morgan fingerprint density at radius 1 is 1.00 bits per heavy atom. The van der Waals surface area contributed by atoms with Crippen LogP contribution in [0.1, 0.15) is 0 Å². The minimum atomic E-state index is 0.523. The quantitative estimate of drug-likeness (QED) is 0.774. The Balaban J connectivity index is 1.92. The second-order valence-electron chi connectivity index (χ2n) is 4.08. The van der Waals surface area contributed by atoms with Crippen LogP contribution in [0.5, 0.6) is 11.6 Å². The molecule has 0 saturated carbocycles. The lowest BCUT2D eigenvalue weighted by atomic mass is 10.1. The molecule has 4 heteroatoms. The third-order valence-electron chi connectivity index (χ3n) is 2.80. The maximum Gasteiger partial charge on any atom is 0.225 e. The summed E-state index contributed by atoms with van der Waals surface area (Å²) < 4.78 is 5.74. The van der Waals surface area contributed by atoms with Crippen molar-refractivity contribution in [1.29, 1.82) is 0 Å². The van der Waals surface area contributed by atoms with Gasteiger partial charge in [0, 0.05) is 19.3 Å². The van der Waals surface area contributed by atoms with Gasteiger partial charge >= 0.3 is 0 Å². The Kier molecular flexibility index (Phi) is 2.98. The second kappa shape index (κ2) is 4.94. The summed E-state index contributed by atoms with van der Waals surface area (Å²) in [6.07, 6.45) is 1.66. The monoisotopic (exact) mass is 251 g/mol. The molecular weight excluding hydrogens is 238 g/mol. The van der Waals surface area contributed by atoms with Crippen molar-refractivity contribution in [2.75, 3.05) is 12.4 Å². The molecule has 94 valence electrons. The smallest absolute Gasteiger partial charge is 0.225 e. The van der Waals surface area contributed by atoms with Gasteiger partial charge in [0.05, 0.1) is 0 Å². The molecule has 0 saturated heterocycles. The van der Waals surface area contributed by atoms with Gasteiger partial charge in [-0.05, 0) is 22.9 Å². The summed E-state index contributed by atoms with van der Waals surface area (Å²) in [4.78, 5) is 8.27. The maximum atomic E-state index is 5.74. The molecule has 1 aromatic heterocycles. The maximum absolute atomic E-state index is 5.74. The highest BCUT2D eigenvalue weighted by molar-refractivity contribution is 5.83. The molecule has 4 nitrogen and oxygen atoms in total. The van der Waals surface area contributed by atoms with E-state index >= 15 is 0 Å². The molecule has 1 N–H and O–H groups in total. The first kappa shape index (κ1) is 11.5. The average molecular weight is 251 g/mol. The van der Waals surface area contributed by atoms with E-state index < -0.39 is 0 Å². The Morgan fingerprint density at radius 2 is 1.84 bits per heavy atom. The number of rotatable bonds is 3. The van der Waals surface area contributed by atoms with Crippen LogP contribution in [-0.4, -0.2) is 17.0 Å². The normalized spacial score (nSPS) is 10.4. The third kappa shape index (κ3) is 2.47. The Bertz CT molecular complexity index is 712. The highest BCUT2D eigenvalue weighted by Crippen LogP contribution is 2.24. The summed E-state index contributed by atoms with van der Waals surface area (Å²) in [5.74, 6) is 1.83. The van der Waals surface area contributed by atoms with Crippen LogP contribution in [0, 0.1) is 0 Å². The molecule has 0 amide bonds. The summed E-state index contributed by atoms with van der Waals surface area (Å²) >= 11 is 0. The number of benzene rings is 2. The number of hydrogen-bond acceptors (Lipinski definition) is 4. The Labute approximate surface area is 111 Å². The highest BCUT2D eigenvalue weighted by Gasteiger charge is 2.01. The molecule has 0 fully saturated rings. The molecule has 0 bridgehead atoms. The van der Waals surface area contributed by atoms with Crippen LogP contribution in [0.3, 0.4) is 0 Å². The van der Waals surface area contributed by atoms with Gasteiger partial charge in [-0.25, -0.2) is 4.98 Å². The van der Waals surface area contributed by atoms with E-state index in [-0.39, 0.29) is 0 Å². The van der Waals surface area contributed by atoms with E-state index in [0.29, 0.717) is 11.8 Å². The van der Waals surface area contributed by atoms with Crippen LogP contribution in [0.2, 0.25) is 0 Å². The minimum absolute atomic E-state index is 0.523. The topological polar surface area (TPSA) is 47.0 Å². The molecular formula is C15H13N3O. The van der Waals surface area contributed by atoms with Crippen molar-refractivity contribution in [1.82, 2.24) is 9.97 Å². The summed E-state index contributed by atoms with van der Waals surface area (Å²) in [6, 6.07) is 15.9. The standard InChI is InChI=1S/C15H13N3O/c1-16-15-17-9-8-14(18-15)19-13-7-6-11-4-2-3-5-12(11)10-13/h2-10H,1H3,(H,16,17,18). The van der Waals surface area contributed by atoms with E-state index in [1.807, 2.05) is 30.3 Å². The summed E-state index contributed by atoms with van der Waals surface area (Å²) in [7, 11) is 1.77. The average Bonchev–Trinajstić information content (AvgIpc) is 2.47. The van der Waals surface area contributed by atoms with E-state index in [1.54, 1.807) is 19.3 Å². The summed E-state index contributed by atoms with van der Waals surface area (Å²) in [6.45, 7) is 0. The minimum Gasteiger partial charge on any atom is -0.439 e. The van der Waals surface area contributed by atoms with E-state index in [0.717, 1.165) is 11.1 Å². The zero-order chi connectivity index (χ0) is 13.1. The number of ether oxygens (including phenoxy) is 1. The molecule has 19 heavy (non-hydrogen) atoms. The molecule has 0 unspecified atom stereocenters. The fourth-order valence-electron chi connectivity index (χ4n) is 1.87. The molecule has 0 spiro atoms. The SMILES string of the molecule is CNc1nccc(Oc2ccc3ccccc3c2)n1. The summed E-state index contributed by atoms with van der Waals surface area (Å²) in [5, 5.41) is 5.21. The zero-order valence-corrected chi connectivity index (χ0v) is 10.5. The van der Waals surface area contributed by atoms with Crippen molar-refractivity contribution in [3.8, 4) is 11.6 Å². The second-order valence-corrected chi connectivity index (χ2v) is 4.08. The lowest BCUT2D eigenvalue weighted by Gasteiger charge is -2.06. The van der Waals surface area contributed by atoms with Gasteiger partial charge in [-0.1, -0.05) is 30.3 Å². The largest absolute Gasteiger partial charge is 0.439 e.